The Kier molecular flexibility index (Phi) is 7.73. The van der Waals surface area contributed by atoms with E-state index in [1.807, 2.05) is 0 Å². The Balaban J connectivity index is 1.06. The number of nitrogens with zero attached hydrogens (tertiary/aromatic N) is 4. The monoisotopic (exact) mass is 598 g/mol. The SMILES string of the molecule is O=C1NC(=O)C(=Cc2ccnc(N3CCC(CNCc4cc(C(F)(F)F)cc(-c5ccc6c(c5)OCO6)n4)CC3)n2)S1. The zero-order valence-electron chi connectivity index (χ0n) is 22.1. The van der Waals surface area contributed by atoms with E-state index < -0.39 is 22.9 Å². The van der Waals surface area contributed by atoms with Crippen molar-refractivity contribution in [2.75, 3.05) is 31.3 Å². The lowest BCUT2D eigenvalue weighted by molar-refractivity contribution is -0.137. The molecule has 1 aromatic carbocycles. The summed E-state index contributed by atoms with van der Waals surface area (Å²) in [4.78, 5) is 39.0. The molecule has 5 heterocycles. The molecule has 2 aromatic heterocycles. The van der Waals surface area contributed by atoms with Crippen molar-refractivity contribution in [2.24, 2.45) is 5.92 Å². The molecule has 0 atom stereocenters. The summed E-state index contributed by atoms with van der Waals surface area (Å²) in [6.07, 6.45) is 0.346. The van der Waals surface area contributed by atoms with Crippen LogP contribution >= 0.6 is 11.8 Å². The Morgan fingerprint density at radius 1 is 1.07 bits per heavy atom. The maximum atomic E-state index is 13.7. The normalized spacial score (nSPS) is 18.2. The number of aromatic nitrogens is 3. The lowest BCUT2D eigenvalue weighted by Gasteiger charge is -2.32. The van der Waals surface area contributed by atoms with Crippen LogP contribution in [-0.4, -0.2) is 52.5 Å². The van der Waals surface area contributed by atoms with E-state index in [4.69, 9.17) is 9.47 Å². The third-order valence-corrected chi connectivity index (χ3v) is 7.91. The summed E-state index contributed by atoms with van der Waals surface area (Å²) in [5, 5.41) is 5.09. The number of carbonyl (C=O) groups is 2. The molecule has 14 heteroatoms. The molecule has 6 rings (SSSR count). The van der Waals surface area contributed by atoms with Gasteiger partial charge in [-0.15, -0.1) is 0 Å². The summed E-state index contributed by atoms with van der Waals surface area (Å²) in [5.74, 6) is 1.43. The molecule has 42 heavy (non-hydrogen) atoms. The second-order valence-electron chi connectivity index (χ2n) is 9.99. The number of fused-ring (bicyclic) bond motifs is 1. The van der Waals surface area contributed by atoms with Gasteiger partial charge in [0.1, 0.15) is 0 Å². The molecule has 0 saturated carbocycles. The number of thioether (sulfide) groups is 1. The molecule has 0 unspecified atom stereocenters. The fourth-order valence-electron chi connectivity index (χ4n) is 4.94. The van der Waals surface area contributed by atoms with Crippen LogP contribution in [0.5, 0.6) is 11.5 Å². The van der Waals surface area contributed by atoms with E-state index in [0.29, 0.717) is 60.0 Å². The fourth-order valence-corrected chi connectivity index (χ4v) is 5.60. The number of nitrogens with one attached hydrogen (secondary N) is 2. The van der Waals surface area contributed by atoms with Crippen molar-refractivity contribution in [3.05, 3.63) is 64.5 Å². The van der Waals surface area contributed by atoms with E-state index in [1.54, 1.807) is 36.5 Å². The number of ether oxygens (including phenoxy) is 2. The van der Waals surface area contributed by atoms with Crippen LogP contribution in [0.3, 0.4) is 0 Å². The first kappa shape index (κ1) is 28.0. The Morgan fingerprint density at radius 3 is 2.64 bits per heavy atom. The van der Waals surface area contributed by atoms with E-state index in [-0.39, 0.29) is 23.9 Å². The van der Waals surface area contributed by atoms with Gasteiger partial charge in [-0.3, -0.25) is 19.9 Å². The van der Waals surface area contributed by atoms with Gasteiger partial charge in [0.2, 0.25) is 12.7 Å². The van der Waals surface area contributed by atoms with Crippen LogP contribution in [0.2, 0.25) is 0 Å². The minimum atomic E-state index is -4.51. The van der Waals surface area contributed by atoms with Crippen molar-refractivity contribution >= 4 is 34.9 Å². The minimum Gasteiger partial charge on any atom is -0.454 e. The first-order chi connectivity index (χ1) is 20.2. The summed E-state index contributed by atoms with van der Waals surface area (Å²) >= 11 is 0.833. The highest BCUT2D eigenvalue weighted by molar-refractivity contribution is 8.18. The van der Waals surface area contributed by atoms with Crippen molar-refractivity contribution in [3.63, 3.8) is 0 Å². The smallest absolute Gasteiger partial charge is 0.416 e. The van der Waals surface area contributed by atoms with Gasteiger partial charge in [0.15, 0.2) is 11.5 Å². The van der Waals surface area contributed by atoms with Crippen LogP contribution < -0.4 is 25.0 Å². The summed E-state index contributed by atoms with van der Waals surface area (Å²) in [7, 11) is 0. The molecule has 0 radical (unpaired) electrons. The molecule has 0 aliphatic carbocycles. The summed E-state index contributed by atoms with van der Waals surface area (Å²) in [6.45, 7) is 2.30. The van der Waals surface area contributed by atoms with Crippen LogP contribution in [-0.2, 0) is 17.5 Å². The Hall–Kier alpha value is -4.17. The van der Waals surface area contributed by atoms with E-state index in [0.717, 1.165) is 36.7 Å². The van der Waals surface area contributed by atoms with Gasteiger partial charge in [-0.1, -0.05) is 0 Å². The lowest BCUT2D eigenvalue weighted by atomic mass is 9.97. The van der Waals surface area contributed by atoms with Gasteiger partial charge >= 0.3 is 6.18 Å². The predicted molar refractivity (Wildman–Crippen MR) is 149 cm³/mol. The van der Waals surface area contributed by atoms with Crippen molar-refractivity contribution in [2.45, 2.75) is 25.6 Å². The number of piperidine rings is 1. The second kappa shape index (κ2) is 11.6. The van der Waals surface area contributed by atoms with Crippen molar-refractivity contribution < 1.29 is 32.2 Å². The maximum Gasteiger partial charge on any atom is 0.416 e. The van der Waals surface area contributed by atoms with Crippen LogP contribution in [0.25, 0.3) is 17.3 Å². The number of imide groups is 1. The molecule has 0 bridgehead atoms. The first-order valence-corrected chi connectivity index (χ1v) is 14.0. The Morgan fingerprint density at radius 2 is 1.88 bits per heavy atom. The highest BCUT2D eigenvalue weighted by Gasteiger charge is 2.32. The van der Waals surface area contributed by atoms with E-state index in [2.05, 4.69) is 30.5 Å². The second-order valence-corrected chi connectivity index (χ2v) is 11.0. The minimum absolute atomic E-state index is 0.0724. The molecule has 2 N–H and O–H groups in total. The molecule has 10 nitrogen and oxygen atoms in total. The number of halogens is 3. The number of amides is 2. The number of alkyl halides is 3. The summed E-state index contributed by atoms with van der Waals surface area (Å²) in [6, 6.07) is 8.77. The number of pyridine rings is 1. The number of hydrogen-bond donors (Lipinski definition) is 2. The first-order valence-electron chi connectivity index (χ1n) is 13.2. The summed E-state index contributed by atoms with van der Waals surface area (Å²) in [5.41, 5.74) is 0.798. The predicted octanol–water partition coefficient (Wildman–Crippen LogP) is 4.62. The van der Waals surface area contributed by atoms with Crippen LogP contribution in [0, 0.1) is 5.92 Å². The quantitative estimate of drug-likeness (QED) is 0.373. The van der Waals surface area contributed by atoms with Crippen LogP contribution in [0.4, 0.5) is 23.9 Å². The lowest BCUT2D eigenvalue weighted by Crippen LogP contribution is -2.38. The van der Waals surface area contributed by atoms with Gasteiger partial charge in [0, 0.05) is 31.4 Å². The highest BCUT2D eigenvalue weighted by Crippen LogP contribution is 2.37. The van der Waals surface area contributed by atoms with Crippen LogP contribution in [0.15, 0.2) is 47.5 Å². The third kappa shape index (κ3) is 6.34. The van der Waals surface area contributed by atoms with Gasteiger partial charge in [-0.25, -0.2) is 9.97 Å². The molecular formula is C28H25F3N6O4S. The number of carbonyl (C=O) groups excluding carboxylic acids is 2. The third-order valence-electron chi connectivity index (χ3n) is 7.10. The molecule has 0 spiro atoms. The number of anilines is 1. The fraction of sp³-hybridized carbons (Fsp3) is 0.321. The van der Waals surface area contributed by atoms with Crippen molar-refractivity contribution in [1.82, 2.24) is 25.6 Å². The number of benzene rings is 1. The van der Waals surface area contributed by atoms with Gasteiger partial charge in [0.25, 0.3) is 11.1 Å². The number of rotatable bonds is 7. The molecule has 2 amide bonds. The topological polar surface area (TPSA) is 119 Å². The molecular weight excluding hydrogens is 573 g/mol. The molecule has 2 fully saturated rings. The molecule has 218 valence electrons. The van der Waals surface area contributed by atoms with Gasteiger partial charge in [0.05, 0.1) is 27.6 Å². The zero-order chi connectivity index (χ0) is 29.3. The molecule has 3 aromatic rings. The van der Waals surface area contributed by atoms with Gasteiger partial charge in [-0.2, -0.15) is 13.2 Å². The number of hydrogen-bond acceptors (Lipinski definition) is 10. The van der Waals surface area contributed by atoms with Gasteiger partial charge in [-0.05, 0) is 79.5 Å². The average Bonchev–Trinajstić information content (AvgIpc) is 3.57. The Labute approximate surface area is 242 Å². The standard InChI is InChI=1S/C28H25F3N6O4S/c29-28(30,31)18-10-20(34-21(11-18)17-1-2-22-23(9-17)41-15-40-22)14-32-13-16-4-7-37(8-5-16)26-33-6-3-19(35-26)12-24-25(38)36-27(39)42-24/h1-3,6,9-12,16,32H,4-5,7-8,13-15H2,(H,36,38,39). The molecule has 2 saturated heterocycles. The Bertz CT molecular complexity index is 1560. The summed E-state index contributed by atoms with van der Waals surface area (Å²) < 4.78 is 51.7. The van der Waals surface area contributed by atoms with E-state index in [9.17, 15) is 22.8 Å². The zero-order valence-corrected chi connectivity index (χ0v) is 22.9. The van der Waals surface area contributed by atoms with Crippen molar-refractivity contribution in [1.29, 1.82) is 0 Å². The molecule has 3 aliphatic heterocycles. The van der Waals surface area contributed by atoms with E-state index in [1.165, 1.54) is 0 Å². The largest absolute Gasteiger partial charge is 0.454 e. The van der Waals surface area contributed by atoms with Crippen molar-refractivity contribution in [3.8, 4) is 22.8 Å². The van der Waals surface area contributed by atoms with Crippen LogP contribution in [0.1, 0.15) is 29.8 Å². The van der Waals surface area contributed by atoms with Gasteiger partial charge < -0.3 is 19.7 Å². The average molecular weight is 599 g/mol. The maximum absolute atomic E-state index is 13.7. The molecule has 3 aliphatic rings. The van der Waals surface area contributed by atoms with E-state index >= 15 is 0 Å². The highest BCUT2D eigenvalue weighted by atomic mass is 32.2.